The van der Waals surface area contributed by atoms with Gasteiger partial charge in [0.1, 0.15) is 0 Å². The van der Waals surface area contributed by atoms with Gasteiger partial charge in [-0.2, -0.15) is 0 Å². The van der Waals surface area contributed by atoms with E-state index in [4.69, 9.17) is 0 Å². The molecule has 5 nitrogen and oxygen atoms in total. The van der Waals surface area contributed by atoms with Gasteiger partial charge in [-0.1, -0.05) is 48.9 Å². The number of carbonyl (C=O) groups excluding carboxylic acids is 1. The highest BCUT2D eigenvalue weighted by molar-refractivity contribution is 5.85. The normalized spacial score (nSPS) is 28.4. The molecule has 148 valence electrons. The van der Waals surface area contributed by atoms with Gasteiger partial charge in [0.15, 0.2) is 0 Å². The van der Waals surface area contributed by atoms with Crippen molar-refractivity contribution >= 4 is 16.7 Å². The molecule has 1 saturated carbocycles. The smallest absolute Gasteiger partial charge is 0.227 e. The second-order valence-electron chi connectivity index (χ2n) is 8.59. The second-order valence-corrected chi connectivity index (χ2v) is 8.59. The summed E-state index contributed by atoms with van der Waals surface area (Å²) in [4.78, 5) is 17.8. The molecule has 2 aliphatic heterocycles. The molecule has 0 bridgehead atoms. The van der Waals surface area contributed by atoms with Crippen molar-refractivity contribution < 1.29 is 4.79 Å². The van der Waals surface area contributed by atoms with Crippen LogP contribution in [0.3, 0.4) is 0 Å². The highest BCUT2D eigenvalue weighted by Gasteiger charge is 2.42. The first-order valence-electron chi connectivity index (χ1n) is 10.8. The van der Waals surface area contributed by atoms with Crippen molar-refractivity contribution in [2.24, 2.45) is 11.8 Å². The van der Waals surface area contributed by atoms with E-state index in [0.717, 1.165) is 45.7 Å². The fourth-order valence-corrected chi connectivity index (χ4v) is 5.35. The fourth-order valence-electron chi connectivity index (χ4n) is 5.35. The highest BCUT2D eigenvalue weighted by Crippen LogP contribution is 2.32. The summed E-state index contributed by atoms with van der Waals surface area (Å²) in [6.45, 7) is 5.59. The molecule has 5 heteroatoms. The number of hydrazine groups is 1. The number of fused-ring (bicyclic) bond motifs is 2. The van der Waals surface area contributed by atoms with E-state index in [1.165, 1.54) is 29.2 Å². The van der Waals surface area contributed by atoms with Gasteiger partial charge in [0.05, 0.1) is 5.92 Å². The maximum atomic E-state index is 13.2. The predicted molar refractivity (Wildman–Crippen MR) is 112 cm³/mol. The third-order valence-electron chi connectivity index (χ3n) is 6.94. The minimum absolute atomic E-state index is 0.151. The van der Waals surface area contributed by atoms with Crippen molar-refractivity contribution in [2.45, 2.75) is 31.8 Å². The van der Waals surface area contributed by atoms with E-state index in [0.29, 0.717) is 17.9 Å². The van der Waals surface area contributed by atoms with Gasteiger partial charge in [0.2, 0.25) is 5.91 Å². The molecule has 1 aliphatic carbocycles. The summed E-state index contributed by atoms with van der Waals surface area (Å²) in [6, 6.07) is 15.5. The fraction of sp³-hybridized carbons (Fsp3) is 0.522. The predicted octanol–water partition coefficient (Wildman–Crippen LogP) is 2.38. The topological polar surface area (TPSA) is 47.6 Å². The Morgan fingerprint density at radius 3 is 2.71 bits per heavy atom. The van der Waals surface area contributed by atoms with Crippen LogP contribution in [0.15, 0.2) is 42.5 Å². The van der Waals surface area contributed by atoms with E-state index in [9.17, 15) is 4.79 Å². The molecule has 28 heavy (non-hydrogen) atoms. The summed E-state index contributed by atoms with van der Waals surface area (Å²) in [5, 5.41) is 2.65. The Hall–Kier alpha value is -1.95. The number of nitrogens with zero attached hydrogens (tertiary/aromatic N) is 2. The van der Waals surface area contributed by atoms with Crippen molar-refractivity contribution in [3.8, 4) is 0 Å². The number of amides is 1. The van der Waals surface area contributed by atoms with Crippen LogP contribution < -0.4 is 10.9 Å². The van der Waals surface area contributed by atoms with E-state index < -0.39 is 0 Å². The Morgan fingerprint density at radius 1 is 1.00 bits per heavy atom. The molecule has 3 fully saturated rings. The number of benzene rings is 2. The van der Waals surface area contributed by atoms with Crippen LogP contribution >= 0.6 is 0 Å². The van der Waals surface area contributed by atoms with Gasteiger partial charge in [-0.15, -0.1) is 0 Å². The first-order valence-corrected chi connectivity index (χ1v) is 10.8. The van der Waals surface area contributed by atoms with Crippen LogP contribution in [0, 0.1) is 11.8 Å². The molecule has 2 N–H and O–H groups in total. The Bertz CT molecular complexity index is 840. The Balaban J connectivity index is 1.21. The molecule has 3 unspecified atom stereocenters. The molecule has 3 atom stereocenters. The van der Waals surface area contributed by atoms with Crippen LogP contribution in [0.4, 0.5) is 0 Å². The van der Waals surface area contributed by atoms with E-state index in [1.807, 2.05) is 0 Å². The Kier molecular flexibility index (Phi) is 5.05. The number of carbonyl (C=O) groups is 1. The zero-order valence-electron chi connectivity index (χ0n) is 16.4. The van der Waals surface area contributed by atoms with Crippen molar-refractivity contribution in [1.82, 2.24) is 20.7 Å². The summed E-state index contributed by atoms with van der Waals surface area (Å²) >= 11 is 0. The van der Waals surface area contributed by atoms with Crippen molar-refractivity contribution in [1.29, 1.82) is 0 Å². The number of hydrogen-bond donors (Lipinski definition) is 2. The summed E-state index contributed by atoms with van der Waals surface area (Å²) < 4.78 is 0. The van der Waals surface area contributed by atoms with E-state index in [1.54, 1.807) is 0 Å². The molecule has 2 aromatic rings. The Morgan fingerprint density at radius 2 is 1.82 bits per heavy atom. The van der Waals surface area contributed by atoms with Crippen LogP contribution in [0.1, 0.15) is 24.8 Å². The molecule has 2 saturated heterocycles. The second kappa shape index (κ2) is 7.82. The molecule has 1 amide bonds. The van der Waals surface area contributed by atoms with Gasteiger partial charge >= 0.3 is 0 Å². The van der Waals surface area contributed by atoms with E-state index >= 15 is 0 Å². The number of nitrogens with one attached hydrogen (secondary N) is 2. The van der Waals surface area contributed by atoms with Crippen molar-refractivity contribution in [2.75, 3.05) is 32.7 Å². The molecule has 3 aliphatic rings. The van der Waals surface area contributed by atoms with Gasteiger partial charge < -0.3 is 4.90 Å². The van der Waals surface area contributed by atoms with Gasteiger partial charge in [0.25, 0.3) is 0 Å². The third-order valence-corrected chi connectivity index (χ3v) is 6.94. The molecular weight excluding hydrogens is 348 g/mol. The van der Waals surface area contributed by atoms with Crippen molar-refractivity contribution in [3.05, 3.63) is 48.0 Å². The molecule has 2 heterocycles. The first kappa shape index (κ1) is 18.1. The van der Waals surface area contributed by atoms with E-state index in [-0.39, 0.29) is 5.92 Å². The lowest BCUT2D eigenvalue weighted by Crippen LogP contribution is -2.54. The number of hydrogen-bond acceptors (Lipinski definition) is 4. The minimum atomic E-state index is 0.151. The average molecular weight is 379 g/mol. The lowest BCUT2D eigenvalue weighted by Gasteiger charge is -2.39. The van der Waals surface area contributed by atoms with Crippen LogP contribution in [0.25, 0.3) is 10.8 Å². The molecule has 0 aromatic heterocycles. The lowest BCUT2D eigenvalue weighted by molar-refractivity contribution is -0.139. The Labute approximate surface area is 167 Å². The highest BCUT2D eigenvalue weighted by atomic mass is 16.2. The molecule has 2 aromatic carbocycles. The molecule has 0 spiro atoms. The minimum Gasteiger partial charge on any atom is -0.340 e. The van der Waals surface area contributed by atoms with Gasteiger partial charge in [-0.25, -0.2) is 0 Å². The maximum absolute atomic E-state index is 13.2. The summed E-state index contributed by atoms with van der Waals surface area (Å²) in [6.07, 6.45) is 3.46. The van der Waals surface area contributed by atoms with Gasteiger partial charge in [0, 0.05) is 45.3 Å². The largest absolute Gasteiger partial charge is 0.340 e. The monoisotopic (exact) mass is 378 g/mol. The molecule has 0 radical (unpaired) electrons. The maximum Gasteiger partial charge on any atom is 0.227 e. The molecular formula is C23H30N4O. The van der Waals surface area contributed by atoms with Gasteiger partial charge in [-0.05, 0) is 35.1 Å². The summed E-state index contributed by atoms with van der Waals surface area (Å²) in [5.41, 5.74) is 8.03. The zero-order valence-corrected chi connectivity index (χ0v) is 16.4. The SMILES string of the molecule is O=C(C1CCCC2CNNC21)N1CCN(Cc2cccc3ccccc23)CC1. The van der Waals surface area contributed by atoms with Crippen LogP contribution in [0.2, 0.25) is 0 Å². The summed E-state index contributed by atoms with van der Waals surface area (Å²) in [5.74, 6) is 1.14. The third kappa shape index (κ3) is 3.43. The molecule has 5 rings (SSSR count). The van der Waals surface area contributed by atoms with Crippen LogP contribution in [0.5, 0.6) is 0 Å². The average Bonchev–Trinajstić information content (AvgIpc) is 3.23. The summed E-state index contributed by atoms with van der Waals surface area (Å²) in [7, 11) is 0. The number of piperazine rings is 1. The van der Waals surface area contributed by atoms with Crippen LogP contribution in [-0.4, -0.2) is 54.5 Å². The van der Waals surface area contributed by atoms with E-state index in [2.05, 4.69) is 63.1 Å². The van der Waals surface area contributed by atoms with Crippen molar-refractivity contribution in [3.63, 3.8) is 0 Å². The zero-order chi connectivity index (χ0) is 18.9. The lowest BCUT2D eigenvalue weighted by atomic mass is 9.77. The van der Waals surface area contributed by atoms with Gasteiger partial charge in [-0.3, -0.25) is 20.5 Å². The van der Waals surface area contributed by atoms with Crippen LogP contribution in [-0.2, 0) is 11.3 Å². The standard InChI is InChI=1S/C23H30N4O/c28-23(21-10-4-7-18-15-24-25-22(18)21)27-13-11-26(12-14-27)16-19-8-3-6-17-5-1-2-9-20(17)19/h1-3,5-6,8-9,18,21-22,24-25H,4,7,10-16H2. The number of rotatable bonds is 3. The first-order chi connectivity index (χ1) is 13.8. The quantitative estimate of drug-likeness (QED) is 0.861.